The van der Waals surface area contributed by atoms with Crippen molar-refractivity contribution >= 4 is 17.9 Å². The molecule has 15 heteroatoms. The van der Waals surface area contributed by atoms with E-state index >= 15 is 0 Å². The van der Waals surface area contributed by atoms with Crippen LogP contribution in [0, 0.1) is 17.8 Å². The number of carbonyl (C=O) groups is 3. The molecule has 0 N–H and O–H groups in total. The van der Waals surface area contributed by atoms with Crippen LogP contribution in [0.1, 0.15) is 96.8 Å². The van der Waals surface area contributed by atoms with Crippen LogP contribution in [0.3, 0.4) is 0 Å². The van der Waals surface area contributed by atoms with Crippen molar-refractivity contribution < 1.29 is 42.8 Å². The van der Waals surface area contributed by atoms with E-state index in [1.807, 2.05) is 6.92 Å². The van der Waals surface area contributed by atoms with Crippen molar-refractivity contribution in [2.45, 2.75) is 147 Å². The highest BCUT2D eigenvalue weighted by Gasteiger charge is 2.44. The number of fused-ring (bicyclic) bond motifs is 2. The maximum atomic E-state index is 13.5. The minimum absolute atomic E-state index is 0.00161. The van der Waals surface area contributed by atoms with Gasteiger partial charge in [0.1, 0.15) is 0 Å². The Labute approximate surface area is 296 Å². The number of hydrogen-bond acceptors (Lipinski definition) is 12. The third-order valence-corrected chi connectivity index (χ3v) is 10.9. The fraction of sp³-hybridized carbons (Fsp3) is 0.833. The number of nitrogens with zero attached hydrogens (tertiary/aromatic N) is 3. The molecule has 3 saturated heterocycles. The Morgan fingerprint density at radius 1 is 0.569 bits per heavy atom. The Hall–Kier alpha value is -3.30. The van der Waals surface area contributed by atoms with Gasteiger partial charge in [-0.05, 0) is 95.3 Å². The van der Waals surface area contributed by atoms with E-state index in [2.05, 4.69) is 0 Å². The van der Waals surface area contributed by atoms with E-state index in [1.165, 1.54) is 0 Å². The second kappa shape index (κ2) is 17.5. The van der Waals surface area contributed by atoms with E-state index in [9.17, 15) is 28.8 Å². The minimum atomic E-state index is -0.811. The van der Waals surface area contributed by atoms with Crippen LogP contribution in [0.5, 0.6) is 0 Å². The first kappa shape index (κ1) is 37.5. The van der Waals surface area contributed by atoms with Gasteiger partial charge in [0.05, 0.1) is 50.3 Å². The van der Waals surface area contributed by atoms with Gasteiger partial charge in [-0.25, -0.2) is 28.1 Å². The summed E-state index contributed by atoms with van der Waals surface area (Å²) in [6.45, 7) is 3.23. The largest absolute Gasteiger partial charge is 0.465 e. The summed E-state index contributed by atoms with van der Waals surface area (Å²) in [5.41, 5.74) is -2.43. The van der Waals surface area contributed by atoms with Crippen LogP contribution in [0.4, 0.5) is 0 Å². The number of rotatable bonds is 18. The lowest BCUT2D eigenvalue weighted by Crippen LogP contribution is -2.54. The van der Waals surface area contributed by atoms with Crippen molar-refractivity contribution in [3.8, 4) is 0 Å². The molecule has 5 aliphatic rings. The van der Waals surface area contributed by atoms with Crippen LogP contribution in [0.2, 0.25) is 0 Å². The molecule has 3 aliphatic heterocycles. The van der Waals surface area contributed by atoms with Crippen LogP contribution < -0.4 is 17.1 Å². The van der Waals surface area contributed by atoms with E-state index in [4.69, 9.17) is 28.4 Å². The van der Waals surface area contributed by atoms with Crippen molar-refractivity contribution in [1.29, 1.82) is 0 Å². The summed E-state index contributed by atoms with van der Waals surface area (Å²) < 4.78 is 35.9. The van der Waals surface area contributed by atoms with Gasteiger partial charge in [-0.3, -0.25) is 14.4 Å². The second-order valence-corrected chi connectivity index (χ2v) is 15.0. The molecule has 15 nitrogen and oxygen atoms in total. The second-order valence-electron chi connectivity index (χ2n) is 15.0. The van der Waals surface area contributed by atoms with Crippen molar-refractivity contribution in [1.82, 2.24) is 13.7 Å². The summed E-state index contributed by atoms with van der Waals surface area (Å²) in [6.07, 6.45) is 9.12. The zero-order valence-electron chi connectivity index (χ0n) is 29.7. The van der Waals surface area contributed by atoms with Crippen LogP contribution in [0.25, 0.3) is 0 Å². The lowest BCUT2D eigenvalue weighted by Gasteiger charge is -2.26. The molecule has 8 atom stereocenters. The SMILES string of the molecule is CC1CC(COC(=O)CCCn2c(=O)n(CCCC(=O)OCC3CCC4OC4C3)c(=O)n(CCCC(=O)OCC3CCC4OC4C3)c2=O)CCO1. The highest BCUT2D eigenvalue weighted by molar-refractivity contribution is 5.70. The zero-order valence-corrected chi connectivity index (χ0v) is 29.7. The van der Waals surface area contributed by atoms with Gasteiger partial charge in [0.2, 0.25) is 0 Å². The Morgan fingerprint density at radius 2 is 0.961 bits per heavy atom. The van der Waals surface area contributed by atoms with Crippen LogP contribution in [-0.2, 0) is 62.4 Å². The Balaban J connectivity index is 1.02. The lowest BCUT2D eigenvalue weighted by atomic mass is 9.90. The van der Waals surface area contributed by atoms with Gasteiger partial charge in [-0.15, -0.1) is 0 Å². The van der Waals surface area contributed by atoms with Gasteiger partial charge in [0.25, 0.3) is 0 Å². The first-order chi connectivity index (χ1) is 24.6. The molecule has 2 saturated carbocycles. The molecule has 8 unspecified atom stereocenters. The maximum absolute atomic E-state index is 13.5. The summed E-state index contributed by atoms with van der Waals surface area (Å²) in [7, 11) is 0. The number of carbonyl (C=O) groups excluding carboxylic acids is 3. The van der Waals surface area contributed by atoms with Gasteiger partial charge in [-0.2, -0.15) is 0 Å². The fourth-order valence-corrected chi connectivity index (χ4v) is 7.77. The molecule has 0 amide bonds. The molecule has 1 aromatic heterocycles. The molecule has 2 aliphatic carbocycles. The summed E-state index contributed by atoms with van der Waals surface area (Å²) in [6, 6.07) is 0. The number of hydrogen-bond donors (Lipinski definition) is 0. The molecular weight excluding hydrogens is 666 g/mol. The highest BCUT2D eigenvalue weighted by atomic mass is 16.6. The Bertz CT molecular complexity index is 1380. The predicted molar refractivity (Wildman–Crippen MR) is 180 cm³/mol. The Morgan fingerprint density at radius 3 is 1.33 bits per heavy atom. The molecule has 0 radical (unpaired) electrons. The van der Waals surface area contributed by atoms with E-state index < -0.39 is 35.0 Å². The smallest absolute Gasteiger partial charge is 0.336 e. The average molecular weight is 720 g/mol. The number of ether oxygens (including phenoxy) is 6. The third kappa shape index (κ3) is 10.6. The first-order valence-electron chi connectivity index (χ1n) is 19.0. The van der Waals surface area contributed by atoms with Gasteiger partial charge in [0, 0.05) is 45.5 Å². The van der Waals surface area contributed by atoms with E-state index in [1.54, 1.807) is 0 Å². The number of epoxide rings is 2. The molecule has 6 rings (SSSR count). The molecule has 5 fully saturated rings. The van der Waals surface area contributed by atoms with Crippen molar-refractivity contribution in [3.63, 3.8) is 0 Å². The fourth-order valence-electron chi connectivity index (χ4n) is 7.77. The number of aromatic nitrogens is 3. The highest BCUT2D eigenvalue weighted by Crippen LogP contribution is 2.40. The summed E-state index contributed by atoms with van der Waals surface area (Å²) in [5.74, 6) is -0.498. The lowest BCUT2D eigenvalue weighted by molar-refractivity contribution is -0.147. The van der Waals surface area contributed by atoms with Gasteiger partial charge < -0.3 is 28.4 Å². The van der Waals surface area contributed by atoms with E-state index in [-0.39, 0.29) is 94.2 Å². The van der Waals surface area contributed by atoms with E-state index in [0.29, 0.717) is 38.6 Å². The predicted octanol–water partition coefficient (Wildman–Crippen LogP) is 2.09. The van der Waals surface area contributed by atoms with Crippen molar-refractivity contribution in [2.24, 2.45) is 17.8 Å². The monoisotopic (exact) mass is 719 g/mol. The molecule has 284 valence electrons. The summed E-state index contributed by atoms with van der Waals surface area (Å²) in [4.78, 5) is 77.9. The third-order valence-electron chi connectivity index (χ3n) is 10.9. The minimum Gasteiger partial charge on any atom is -0.465 e. The quantitative estimate of drug-likeness (QED) is 0.123. The summed E-state index contributed by atoms with van der Waals surface area (Å²) >= 11 is 0. The topological polar surface area (TPSA) is 179 Å². The molecule has 0 aromatic carbocycles. The molecular formula is C36H53N3O12. The normalized spacial score (nSPS) is 29.4. The molecule has 0 spiro atoms. The van der Waals surface area contributed by atoms with Crippen molar-refractivity contribution in [2.75, 3.05) is 26.4 Å². The average Bonchev–Trinajstić information content (AvgIpc) is 4.05. The first-order valence-corrected chi connectivity index (χ1v) is 19.0. The Kier molecular flexibility index (Phi) is 12.8. The maximum Gasteiger partial charge on any atom is 0.336 e. The summed E-state index contributed by atoms with van der Waals surface area (Å²) in [5, 5.41) is 0. The van der Waals surface area contributed by atoms with Crippen LogP contribution in [0.15, 0.2) is 14.4 Å². The molecule has 0 bridgehead atoms. The van der Waals surface area contributed by atoms with Gasteiger partial charge in [0.15, 0.2) is 0 Å². The molecule has 51 heavy (non-hydrogen) atoms. The van der Waals surface area contributed by atoms with Gasteiger partial charge in [-0.1, -0.05) is 0 Å². The molecule has 4 heterocycles. The molecule has 1 aromatic rings. The zero-order chi connectivity index (χ0) is 35.9. The van der Waals surface area contributed by atoms with Crippen LogP contribution in [-0.4, -0.2) is 88.6 Å². The van der Waals surface area contributed by atoms with Crippen molar-refractivity contribution in [3.05, 3.63) is 31.5 Å². The standard InChI is InChI=1S/C36H53N3O12/c1-23-17-26(12-16-46-23)22-49-33(42)7-4-15-39-35(44)37(13-2-5-31(40)47-20-24-8-10-27-29(18-24)50-27)34(43)38(36(39)45)14-3-6-32(41)48-21-25-9-11-28-30(19-25)51-28/h23-30H,2-22H2,1H3. The number of esters is 3. The van der Waals surface area contributed by atoms with Crippen LogP contribution >= 0.6 is 0 Å². The van der Waals surface area contributed by atoms with E-state index in [0.717, 1.165) is 65.1 Å². The van der Waals surface area contributed by atoms with Gasteiger partial charge >= 0.3 is 35.0 Å².